The van der Waals surface area contributed by atoms with Crippen molar-refractivity contribution in [2.24, 2.45) is 0 Å². The normalized spacial score (nSPS) is 15.9. The number of hydrogen-bond donors (Lipinski definition) is 2. The Morgan fingerprint density at radius 3 is 2.81 bits per heavy atom. The minimum Gasteiger partial charge on any atom is -0.497 e. The van der Waals surface area contributed by atoms with E-state index in [4.69, 9.17) is 16.3 Å². The molecule has 1 saturated heterocycles. The first-order chi connectivity index (χ1) is 15.4. The Bertz CT molecular complexity index is 1140. The molecule has 2 aromatic carbocycles. The zero-order chi connectivity index (χ0) is 22.7. The fourth-order valence-corrected chi connectivity index (χ4v) is 4.67. The molecule has 0 bridgehead atoms. The Morgan fingerprint density at radius 1 is 1.25 bits per heavy atom. The SMILES string of the molecule is COc1cccc(-n2c(CC3CC(=O)NC(=O)N3)nnc2SCc2c(F)cccc2Cl)c1. The van der Waals surface area contributed by atoms with Crippen molar-refractivity contribution in [3.63, 3.8) is 0 Å². The van der Waals surface area contributed by atoms with Gasteiger partial charge in [0.05, 0.1) is 12.8 Å². The predicted molar refractivity (Wildman–Crippen MR) is 118 cm³/mol. The Balaban J connectivity index is 1.67. The molecule has 3 aromatic rings. The predicted octanol–water partition coefficient (Wildman–Crippen LogP) is 3.50. The fraction of sp³-hybridized carbons (Fsp3) is 0.238. The Kier molecular flexibility index (Phi) is 6.61. The highest BCUT2D eigenvalue weighted by Gasteiger charge is 2.27. The van der Waals surface area contributed by atoms with E-state index in [1.807, 2.05) is 24.3 Å². The van der Waals surface area contributed by atoms with Gasteiger partial charge in [0, 0.05) is 41.3 Å². The molecule has 1 aliphatic rings. The topological polar surface area (TPSA) is 98.1 Å². The number of aromatic nitrogens is 3. The van der Waals surface area contributed by atoms with Gasteiger partial charge in [0.15, 0.2) is 5.16 Å². The minimum absolute atomic E-state index is 0.129. The summed E-state index contributed by atoms with van der Waals surface area (Å²) in [6.07, 6.45) is 0.411. The summed E-state index contributed by atoms with van der Waals surface area (Å²) in [4.78, 5) is 23.4. The van der Waals surface area contributed by atoms with Gasteiger partial charge >= 0.3 is 6.03 Å². The maximum Gasteiger partial charge on any atom is 0.321 e. The van der Waals surface area contributed by atoms with Crippen LogP contribution in [0.5, 0.6) is 5.75 Å². The van der Waals surface area contributed by atoms with E-state index in [9.17, 15) is 14.0 Å². The molecule has 3 amide bonds. The van der Waals surface area contributed by atoms with E-state index < -0.39 is 17.9 Å². The first-order valence-corrected chi connectivity index (χ1v) is 11.1. The van der Waals surface area contributed by atoms with Gasteiger partial charge in [-0.1, -0.05) is 35.5 Å². The van der Waals surface area contributed by atoms with Crippen LogP contribution < -0.4 is 15.4 Å². The molecule has 32 heavy (non-hydrogen) atoms. The summed E-state index contributed by atoms with van der Waals surface area (Å²) < 4.78 is 21.4. The third kappa shape index (κ3) is 4.86. The van der Waals surface area contributed by atoms with E-state index in [-0.39, 0.29) is 24.5 Å². The van der Waals surface area contributed by atoms with E-state index in [1.165, 1.54) is 17.8 Å². The number of nitrogens with zero attached hydrogens (tertiary/aromatic N) is 3. The quantitative estimate of drug-likeness (QED) is 0.507. The molecule has 0 radical (unpaired) electrons. The number of carbonyl (C=O) groups is 2. The van der Waals surface area contributed by atoms with Gasteiger partial charge in [-0.15, -0.1) is 10.2 Å². The number of amides is 3. The molecule has 11 heteroatoms. The number of methoxy groups -OCH3 is 1. The first-order valence-electron chi connectivity index (χ1n) is 9.69. The smallest absolute Gasteiger partial charge is 0.321 e. The van der Waals surface area contributed by atoms with Gasteiger partial charge in [-0.25, -0.2) is 9.18 Å². The lowest BCUT2D eigenvalue weighted by Crippen LogP contribution is -2.53. The van der Waals surface area contributed by atoms with Crippen LogP contribution in [0.25, 0.3) is 5.69 Å². The molecule has 1 aliphatic heterocycles. The van der Waals surface area contributed by atoms with Crippen LogP contribution in [0.1, 0.15) is 17.8 Å². The van der Waals surface area contributed by atoms with Gasteiger partial charge in [0.25, 0.3) is 0 Å². The van der Waals surface area contributed by atoms with Crippen molar-refractivity contribution in [3.05, 3.63) is 64.7 Å². The summed E-state index contributed by atoms with van der Waals surface area (Å²) in [5.41, 5.74) is 1.11. The van der Waals surface area contributed by atoms with Crippen molar-refractivity contribution < 1.29 is 18.7 Å². The lowest BCUT2D eigenvalue weighted by Gasteiger charge is -2.23. The zero-order valence-electron chi connectivity index (χ0n) is 17.0. The molecule has 1 atom stereocenters. The van der Waals surface area contributed by atoms with Crippen LogP contribution in [-0.4, -0.2) is 39.9 Å². The number of halogens is 2. The van der Waals surface area contributed by atoms with Gasteiger partial charge in [-0.3, -0.25) is 14.7 Å². The molecule has 0 saturated carbocycles. The second-order valence-corrected chi connectivity index (χ2v) is 8.40. The molecule has 8 nitrogen and oxygen atoms in total. The molecule has 0 aliphatic carbocycles. The maximum absolute atomic E-state index is 14.2. The van der Waals surface area contributed by atoms with Crippen molar-refractivity contribution in [1.29, 1.82) is 0 Å². The molecular formula is C21H19ClFN5O3S. The zero-order valence-corrected chi connectivity index (χ0v) is 18.5. The number of ether oxygens (including phenoxy) is 1. The summed E-state index contributed by atoms with van der Waals surface area (Å²) in [5, 5.41) is 14.4. The lowest BCUT2D eigenvalue weighted by molar-refractivity contribution is -0.121. The summed E-state index contributed by atoms with van der Waals surface area (Å²) in [6.45, 7) is 0. The van der Waals surface area contributed by atoms with Crippen LogP contribution in [-0.2, 0) is 17.0 Å². The van der Waals surface area contributed by atoms with E-state index in [0.717, 1.165) is 5.69 Å². The number of imide groups is 1. The van der Waals surface area contributed by atoms with Crippen LogP contribution in [0.15, 0.2) is 47.6 Å². The molecule has 166 valence electrons. The largest absolute Gasteiger partial charge is 0.497 e. The molecule has 1 fully saturated rings. The highest BCUT2D eigenvalue weighted by atomic mass is 35.5. The van der Waals surface area contributed by atoms with Gasteiger partial charge in [0.1, 0.15) is 17.4 Å². The number of rotatable bonds is 7. The third-order valence-electron chi connectivity index (χ3n) is 4.87. The molecular weight excluding hydrogens is 457 g/mol. The van der Waals surface area contributed by atoms with Gasteiger partial charge < -0.3 is 10.1 Å². The second-order valence-electron chi connectivity index (χ2n) is 7.05. The molecule has 2 N–H and O–H groups in total. The Labute approximate surface area is 192 Å². The van der Waals surface area contributed by atoms with Gasteiger partial charge in [-0.2, -0.15) is 0 Å². The van der Waals surface area contributed by atoms with Gasteiger partial charge in [-0.05, 0) is 24.3 Å². The summed E-state index contributed by atoms with van der Waals surface area (Å²) >= 11 is 7.44. The Morgan fingerprint density at radius 2 is 2.06 bits per heavy atom. The summed E-state index contributed by atoms with van der Waals surface area (Å²) in [7, 11) is 1.57. The highest BCUT2D eigenvalue weighted by Crippen LogP contribution is 2.30. The van der Waals surface area contributed by atoms with Crippen LogP contribution in [0, 0.1) is 5.82 Å². The monoisotopic (exact) mass is 475 g/mol. The van der Waals surface area contributed by atoms with E-state index in [1.54, 1.807) is 23.8 Å². The summed E-state index contributed by atoms with van der Waals surface area (Å²) in [5.74, 6) is 0.681. The average Bonchev–Trinajstić information content (AvgIpc) is 3.15. The number of thioether (sulfide) groups is 1. The molecule has 0 spiro atoms. The van der Waals surface area contributed by atoms with Crippen LogP contribution in [0.4, 0.5) is 9.18 Å². The average molecular weight is 476 g/mol. The highest BCUT2D eigenvalue weighted by molar-refractivity contribution is 7.98. The van der Waals surface area contributed by atoms with Crippen molar-refractivity contribution in [2.75, 3.05) is 7.11 Å². The Hall–Kier alpha value is -3.11. The number of benzene rings is 2. The number of nitrogens with one attached hydrogen (secondary N) is 2. The van der Waals surface area contributed by atoms with E-state index in [0.29, 0.717) is 27.3 Å². The minimum atomic E-state index is -0.539. The maximum atomic E-state index is 14.2. The van der Waals surface area contributed by atoms with Crippen LogP contribution in [0.2, 0.25) is 5.02 Å². The number of hydrogen-bond acceptors (Lipinski definition) is 6. The molecule has 2 heterocycles. The lowest BCUT2D eigenvalue weighted by atomic mass is 10.1. The van der Waals surface area contributed by atoms with Crippen molar-refractivity contribution in [1.82, 2.24) is 25.4 Å². The van der Waals surface area contributed by atoms with E-state index in [2.05, 4.69) is 20.8 Å². The standard InChI is InChI=1S/C21H19ClFN5O3S/c1-31-14-5-2-4-13(10-14)28-18(8-12-9-19(29)25-20(30)24-12)26-27-21(28)32-11-15-16(22)6-3-7-17(15)23/h2-7,10,12H,8-9,11H2,1H3,(H2,24,25,29,30). The number of urea groups is 1. The molecule has 1 unspecified atom stereocenters. The van der Waals surface area contributed by atoms with Crippen molar-refractivity contribution in [3.8, 4) is 11.4 Å². The first kappa shape index (κ1) is 22.1. The summed E-state index contributed by atoms with van der Waals surface area (Å²) in [6, 6.07) is 10.9. The molecule has 1 aromatic heterocycles. The second kappa shape index (κ2) is 9.58. The van der Waals surface area contributed by atoms with Crippen LogP contribution >= 0.6 is 23.4 Å². The molecule has 4 rings (SSSR count). The van der Waals surface area contributed by atoms with Crippen molar-refractivity contribution >= 4 is 35.3 Å². The van der Waals surface area contributed by atoms with E-state index >= 15 is 0 Å². The third-order valence-corrected chi connectivity index (χ3v) is 6.18. The van der Waals surface area contributed by atoms with Gasteiger partial charge in [0.2, 0.25) is 5.91 Å². The van der Waals surface area contributed by atoms with Crippen molar-refractivity contribution in [2.45, 2.75) is 29.8 Å². The number of carbonyl (C=O) groups excluding carboxylic acids is 2. The van der Waals surface area contributed by atoms with Crippen LogP contribution in [0.3, 0.4) is 0 Å². The fourth-order valence-electron chi connectivity index (χ4n) is 3.36.